The average molecular weight is 423 g/mol. The molecule has 176 valence electrons. The molecule has 0 unspecified atom stereocenters. The molecule has 0 aromatic carbocycles. The van der Waals surface area contributed by atoms with Gasteiger partial charge in [-0.05, 0) is 74.5 Å². The lowest BCUT2D eigenvalue weighted by molar-refractivity contribution is 0.0188. The first kappa shape index (κ1) is 28.6. The van der Waals surface area contributed by atoms with Crippen molar-refractivity contribution in [2.24, 2.45) is 0 Å². The molecular formula is C27H50O3. The van der Waals surface area contributed by atoms with Crippen LogP contribution in [0.2, 0.25) is 0 Å². The second-order valence-corrected chi connectivity index (χ2v) is 8.12. The Bertz CT molecular complexity index is 446. The van der Waals surface area contributed by atoms with Crippen molar-refractivity contribution in [2.75, 3.05) is 13.2 Å². The minimum absolute atomic E-state index is 0.103. The molecule has 0 aromatic rings. The Balaban J connectivity index is 4.91. The van der Waals surface area contributed by atoms with Gasteiger partial charge in [-0.3, -0.25) is 0 Å². The highest BCUT2D eigenvalue weighted by atomic mass is 16.6. The molecule has 0 aliphatic rings. The van der Waals surface area contributed by atoms with Gasteiger partial charge in [-0.25, -0.2) is 0 Å². The summed E-state index contributed by atoms with van der Waals surface area (Å²) in [6, 6.07) is 0. The fourth-order valence-corrected chi connectivity index (χ4v) is 3.03. The first-order valence-electron chi connectivity index (χ1n) is 12.6. The van der Waals surface area contributed by atoms with Gasteiger partial charge in [0.15, 0.2) is 6.10 Å². The van der Waals surface area contributed by atoms with Crippen molar-refractivity contribution < 1.29 is 14.2 Å². The molecule has 0 saturated carbocycles. The molecule has 0 fully saturated rings. The highest BCUT2D eigenvalue weighted by Crippen LogP contribution is 2.15. The second-order valence-electron chi connectivity index (χ2n) is 8.12. The zero-order chi connectivity index (χ0) is 22.5. The third kappa shape index (κ3) is 15.5. The maximum absolute atomic E-state index is 6.11. The normalized spacial score (nSPS) is 14.0. The Kier molecular flexibility index (Phi) is 19.9. The molecule has 0 atom stereocenters. The number of allylic oxidation sites excluding steroid dienone is 3. The van der Waals surface area contributed by atoms with Crippen LogP contribution in [0.15, 0.2) is 35.5 Å². The van der Waals surface area contributed by atoms with Gasteiger partial charge in [-0.1, -0.05) is 60.8 Å². The summed E-state index contributed by atoms with van der Waals surface area (Å²) in [4.78, 5) is 0. The van der Waals surface area contributed by atoms with Crippen molar-refractivity contribution in [3.05, 3.63) is 35.5 Å². The van der Waals surface area contributed by atoms with E-state index in [2.05, 4.69) is 41.5 Å². The summed E-state index contributed by atoms with van der Waals surface area (Å²) in [6.07, 6.45) is 19.5. The molecule has 0 spiro atoms. The molecule has 0 amide bonds. The predicted octanol–water partition coefficient (Wildman–Crippen LogP) is 8.86. The van der Waals surface area contributed by atoms with E-state index in [0.717, 1.165) is 38.5 Å². The van der Waals surface area contributed by atoms with Crippen molar-refractivity contribution in [1.29, 1.82) is 0 Å². The van der Waals surface area contributed by atoms with Crippen molar-refractivity contribution in [3.63, 3.8) is 0 Å². The van der Waals surface area contributed by atoms with Crippen LogP contribution in [0.4, 0.5) is 0 Å². The third-order valence-electron chi connectivity index (χ3n) is 5.41. The molecular weight excluding hydrogens is 372 g/mol. The fraction of sp³-hybridized carbons (Fsp3) is 0.778. The van der Waals surface area contributed by atoms with Gasteiger partial charge in [-0.15, -0.1) is 0 Å². The lowest BCUT2D eigenvalue weighted by Crippen LogP contribution is -2.22. The monoisotopic (exact) mass is 422 g/mol. The maximum atomic E-state index is 6.11. The Morgan fingerprint density at radius 2 is 0.933 bits per heavy atom. The topological polar surface area (TPSA) is 27.7 Å². The summed E-state index contributed by atoms with van der Waals surface area (Å²) < 4.78 is 18.0. The van der Waals surface area contributed by atoms with Crippen molar-refractivity contribution in [1.82, 2.24) is 0 Å². The van der Waals surface area contributed by atoms with Crippen LogP contribution in [-0.4, -0.2) is 19.3 Å². The quantitative estimate of drug-likeness (QED) is 0.183. The van der Waals surface area contributed by atoms with E-state index in [1.165, 1.54) is 55.2 Å². The molecule has 30 heavy (non-hydrogen) atoms. The van der Waals surface area contributed by atoms with E-state index in [9.17, 15) is 0 Å². The van der Waals surface area contributed by atoms with Crippen LogP contribution in [0.1, 0.15) is 119 Å². The number of hydrogen-bond acceptors (Lipinski definition) is 3. The predicted molar refractivity (Wildman–Crippen MR) is 130 cm³/mol. The van der Waals surface area contributed by atoms with Gasteiger partial charge in [0.25, 0.3) is 0 Å². The van der Waals surface area contributed by atoms with E-state index < -0.39 is 0 Å². The molecule has 0 aliphatic carbocycles. The van der Waals surface area contributed by atoms with Crippen molar-refractivity contribution in [2.45, 2.75) is 125 Å². The lowest BCUT2D eigenvalue weighted by Gasteiger charge is -2.18. The van der Waals surface area contributed by atoms with Gasteiger partial charge in [0.2, 0.25) is 0 Å². The molecule has 0 bridgehead atoms. The average Bonchev–Trinajstić information content (AvgIpc) is 2.77. The van der Waals surface area contributed by atoms with Crippen LogP contribution in [0, 0.1) is 0 Å². The standard InChI is InChI=1S/C27H50O3/c1-7-13-16-24(10-4)19-28-22-27(30-21-26(12-6)18-15-9-3)23-29-20-25(11-5)17-14-8-2/h19-21,27H,7-18,22-23H2,1-6H3. The fourth-order valence-electron chi connectivity index (χ4n) is 3.03. The molecule has 0 heterocycles. The van der Waals surface area contributed by atoms with Gasteiger partial charge >= 0.3 is 0 Å². The van der Waals surface area contributed by atoms with E-state index in [1.807, 2.05) is 18.8 Å². The van der Waals surface area contributed by atoms with Crippen LogP contribution in [0.25, 0.3) is 0 Å². The number of rotatable bonds is 20. The second kappa shape index (κ2) is 20.9. The summed E-state index contributed by atoms with van der Waals surface area (Å²) in [6.45, 7) is 14.3. The zero-order valence-electron chi connectivity index (χ0n) is 20.9. The third-order valence-corrected chi connectivity index (χ3v) is 5.41. The Labute approximate surface area is 187 Å². The summed E-state index contributed by atoms with van der Waals surface area (Å²) in [5.41, 5.74) is 4.11. The largest absolute Gasteiger partial charge is 0.497 e. The maximum Gasteiger partial charge on any atom is 0.165 e. The van der Waals surface area contributed by atoms with Gasteiger partial charge in [0, 0.05) is 0 Å². The number of unbranched alkanes of at least 4 members (excludes halogenated alkanes) is 3. The highest BCUT2D eigenvalue weighted by Gasteiger charge is 2.11. The Hall–Kier alpha value is -1.38. The van der Waals surface area contributed by atoms with Crippen molar-refractivity contribution in [3.8, 4) is 0 Å². The molecule has 0 N–H and O–H groups in total. The Morgan fingerprint density at radius 3 is 1.27 bits per heavy atom. The lowest BCUT2D eigenvalue weighted by atomic mass is 10.1. The van der Waals surface area contributed by atoms with Gasteiger partial charge in [0.1, 0.15) is 13.2 Å². The summed E-state index contributed by atoms with van der Waals surface area (Å²) in [5, 5.41) is 0. The Morgan fingerprint density at radius 1 is 0.567 bits per heavy atom. The highest BCUT2D eigenvalue weighted by molar-refractivity contribution is 4.99. The van der Waals surface area contributed by atoms with Crippen LogP contribution in [-0.2, 0) is 14.2 Å². The first-order valence-corrected chi connectivity index (χ1v) is 12.6. The van der Waals surface area contributed by atoms with E-state index in [4.69, 9.17) is 14.2 Å². The molecule has 0 rings (SSSR count). The number of ether oxygens (including phenoxy) is 3. The van der Waals surface area contributed by atoms with E-state index in [-0.39, 0.29) is 6.10 Å². The van der Waals surface area contributed by atoms with Crippen LogP contribution < -0.4 is 0 Å². The SMILES string of the molecule is CCCCC(=COCC(COC=C(CC)CCCC)OC=C(CC)CCCC)CC. The van der Waals surface area contributed by atoms with E-state index in [1.54, 1.807) is 0 Å². The minimum atomic E-state index is -0.103. The minimum Gasteiger partial charge on any atom is -0.497 e. The molecule has 3 heteroatoms. The molecule has 0 radical (unpaired) electrons. The summed E-state index contributed by atoms with van der Waals surface area (Å²) >= 11 is 0. The smallest absolute Gasteiger partial charge is 0.165 e. The van der Waals surface area contributed by atoms with Crippen LogP contribution >= 0.6 is 0 Å². The van der Waals surface area contributed by atoms with Gasteiger partial charge in [0.05, 0.1) is 18.8 Å². The zero-order valence-corrected chi connectivity index (χ0v) is 20.9. The van der Waals surface area contributed by atoms with Crippen molar-refractivity contribution >= 4 is 0 Å². The molecule has 3 nitrogen and oxygen atoms in total. The van der Waals surface area contributed by atoms with E-state index >= 15 is 0 Å². The first-order chi connectivity index (χ1) is 14.6. The summed E-state index contributed by atoms with van der Waals surface area (Å²) in [5.74, 6) is 0. The van der Waals surface area contributed by atoms with Gasteiger partial charge < -0.3 is 14.2 Å². The van der Waals surface area contributed by atoms with Crippen LogP contribution in [0.3, 0.4) is 0 Å². The molecule has 0 aliphatic heterocycles. The van der Waals surface area contributed by atoms with Gasteiger partial charge in [-0.2, -0.15) is 0 Å². The summed E-state index contributed by atoms with van der Waals surface area (Å²) in [7, 11) is 0. The molecule has 0 saturated heterocycles. The number of hydrogen-bond donors (Lipinski definition) is 0. The van der Waals surface area contributed by atoms with E-state index in [0.29, 0.717) is 13.2 Å². The molecule has 0 aromatic heterocycles. The van der Waals surface area contributed by atoms with Crippen LogP contribution in [0.5, 0.6) is 0 Å².